The SMILES string of the molecule is CN(C(=O)c1ccc(CSc2nnc3ccccn23)cc1)C(c1ccccc1)c1ccccc1. The number of carbonyl (C=O) groups is 1. The van der Waals surface area contributed by atoms with Crippen LogP contribution in [-0.4, -0.2) is 32.5 Å². The monoisotopic (exact) mass is 464 g/mol. The van der Waals surface area contributed by atoms with Crippen LogP contribution in [0.3, 0.4) is 0 Å². The molecule has 168 valence electrons. The van der Waals surface area contributed by atoms with Crippen LogP contribution in [0.1, 0.15) is 33.1 Å². The first-order valence-electron chi connectivity index (χ1n) is 11.1. The number of carbonyl (C=O) groups excluding carboxylic acids is 1. The van der Waals surface area contributed by atoms with Gasteiger partial charge in [-0.05, 0) is 41.0 Å². The van der Waals surface area contributed by atoms with Gasteiger partial charge in [0.1, 0.15) is 0 Å². The number of aromatic nitrogens is 3. The molecule has 5 aromatic rings. The predicted molar refractivity (Wildman–Crippen MR) is 136 cm³/mol. The molecule has 0 saturated carbocycles. The van der Waals surface area contributed by atoms with Gasteiger partial charge in [0.15, 0.2) is 10.8 Å². The summed E-state index contributed by atoms with van der Waals surface area (Å²) in [6.07, 6.45) is 1.96. The summed E-state index contributed by atoms with van der Waals surface area (Å²) in [6.45, 7) is 0. The van der Waals surface area contributed by atoms with Crippen molar-refractivity contribution in [3.05, 3.63) is 132 Å². The third-order valence-electron chi connectivity index (χ3n) is 5.79. The molecular formula is C28H24N4OS. The number of pyridine rings is 1. The van der Waals surface area contributed by atoms with E-state index < -0.39 is 0 Å². The Bertz CT molecular complexity index is 1350. The van der Waals surface area contributed by atoms with Crippen LogP contribution in [0, 0.1) is 0 Å². The summed E-state index contributed by atoms with van der Waals surface area (Å²) in [6, 6.07) is 33.8. The van der Waals surface area contributed by atoms with Gasteiger partial charge >= 0.3 is 0 Å². The number of benzene rings is 3. The minimum Gasteiger partial charge on any atom is -0.331 e. The van der Waals surface area contributed by atoms with Gasteiger partial charge in [-0.3, -0.25) is 9.20 Å². The average molecular weight is 465 g/mol. The average Bonchev–Trinajstić information content (AvgIpc) is 3.32. The third-order valence-corrected chi connectivity index (χ3v) is 6.80. The molecule has 34 heavy (non-hydrogen) atoms. The highest BCUT2D eigenvalue weighted by Gasteiger charge is 2.24. The molecule has 5 nitrogen and oxygen atoms in total. The van der Waals surface area contributed by atoms with Crippen LogP contribution in [0.15, 0.2) is 114 Å². The van der Waals surface area contributed by atoms with E-state index in [0.29, 0.717) is 5.56 Å². The Hall–Kier alpha value is -3.90. The quantitative estimate of drug-likeness (QED) is 0.282. The molecule has 0 atom stereocenters. The van der Waals surface area contributed by atoms with Crippen molar-refractivity contribution < 1.29 is 4.79 Å². The zero-order valence-corrected chi connectivity index (χ0v) is 19.6. The van der Waals surface area contributed by atoms with E-state index in [1.54, 1.807) is 11.8 Å². The fourth-order valence-electron chi connectivity index (χ4n) is 4.04. The fourth-order valence-corrected chi connectivity index (χ4v) is 4.92. The van der Waals surface area contributed by atoms with Crippen molar-refractivity contribution in [2.24, 2.45) is 0 Å². The number of amides is 1. The van der Waals surface area contributed by atoms with Gasteiger partial charge in [0, 0.05) is 24.6 Å². The maximum atomic E-state index is 13.4. The molecule has 0 aliphatic rings. The predicted octanol–water partition coefficient (Wildman–Crippen LogP) is 5.88. The van der Waals surface area contributed by atoms with E-state index >= 15 is 0 Å². The van der Waals surface area contributed by atoms with Crippen LogP contribution in [0.5, 0.6) is 0 Å². The zero-order valence-electron chi connectivity index (χ0n) is 18.8. The van der Waals surface area contributed by atoms with Crippen LogP contribution in [0.2, 0.25) is 0 Å². The molecule has 0 unspecified atom stereocenters. The van der Waals surface area contributed by atoms with E-state index in [0.717, 1.165) is 33.2 Å². The van der Waals surface area contributed by atoms with E-state index in [4.69, 9.17) is 0 Å². The number of fused-ring (bicyclic) bond motifs is 1. The van der Waals surface area contributed by atoms with Crippen LogP contribution in [-0.2, 0) is 5.75 Å². The number of hydrogen-bond donors (Lipinski definition) is 0. The van der Waals surface area contributed by atoms with Gasteiger partial charge in [0.2, 0.25) is 0 Å². The van der Waals surface area contributed by atoms with Gasteiger partial charge in [-0.1, -0.05) is 90.6 Å². The highest BCUT2D eigenvalue weighted by Crippen LogP contribution is 2.29. The van der Waals surface area contributed by atoms with Crippen molar-refractivity contribution in [3.8, 4) is 0 Å². The second-order valence-electron chi connectivity index (χ2n) is 8.04. The minimum atomic E-state index is -0.161. The highest BCUT2D eigenvalue weighted by atomic mass is 32.2. The molecule has 2 aromatic heterocycles. The van der Waals surface area contributed by atoms with Crippen LogP contribution < -0.4 is 0 Å². The van der Waals surface area contributed by atoms with Crippen molar-refractivity contribution in [1.29, 1.82) is 0 Å². The largest absolute Gasteiger partial charge is 0.331 e. The molecule has 0 aliphatic heterocycles. The lowest BCUT2D eigenvalue weighted by Crippen LogP contribution is -2.32. The Labute approximate surface area is 203 Å². The van der Waals surface area contributed by atoms with Crippen molar-refractivity contribution >= 4 is 23.3 Å². The second kappa shape index (κ2) is 9.93. The normalized spacial score (nSPS) is 11.1. The molecule has 0 fully saturated rings. The summed E-state index contributed by atoms with van der Waals surface area (Å²) >= 11 is 1.62. The van der Waals surface area contributed by atoms with Gasteiger partial charge < -0.3 is 4.90 Å². The molecule has 0 N–H and O–H groups in total. The molecule has 1 amide bonds. The van der Waals surface area contributed by atoms with Gasteiger partial charge in [0.05, 0.1) is 6.04 Å². The lowest BCUT2D eigenvalue weighted by Gasteiger charge is -2.29. The van der Waals surface area contributed by atoms with E-state index in [1.807, 2.05) is 101 Å². The number of rotatable bonds is 7. The molecule has 0 saturated heterocycles. The molecule has 3 aromatic carbocycles. The first-order valence-corrected chi connectivity index (χ1v) is 12.1. The van der Waals surface area contributed by atoms with Crippen molar-refractivity contribution in [1.82, 2.24) is 19.5 Å². The van der Waals surface area contributed by atoms with E-state index in [9.17, 15) is 4.79 Å². The minimum absolute atomic E-state index is 0.0136. The third kappa shape index (κ3) is 4.58. The van der Waals surface area contributed by atoms with Gasteiger partial charge in [0.25, 0.3) is 5.91 Å². The van der Waals surface area contributed by atoms with E-state index in [2.05, 4.69) is 34.5 Å². The van der Waals surface area contributed by atoms with Crippen LogP contribution in [0.25, 0.3) is 5.65 Å². The number of nitrogens with zero attached hydrogens (tertiary/aromatic N) is 4. The molecule has 5 rings (SSSR count). The summed E-state index contributed by atoms with van der Waals surface area (Å²) in [5.74, 6) is 0.733. The lowest BCUT2D eigenvalue weighted by molar-refractivity contribution is 0.0755. The Morgan fingerprint density at radius 2 is 1.44 bits per heavy atom. The Kier molecular flexibility index (Phi) is 6.40. The molecule has 2 heterocycles. The van der Waals surface area contributed by atoms with Crippen molar-refractivity contribution in [3.63, 3.8) is 0 Å². The maximum absolute atomic E-state index is 13.4. The topological polar surface area (TPSA) is 50.5 Å². The summed E-state index contributed by atoms with van der Waals surface area (Å²) in [5.41, 5.74) is 4.79. The van der Waals surface area contributed by atoms with E-state index in [-0.39, 0.29) is 11.9 Å². The molecule has 0 spiro atoms. The Balaban J connectivity index is 1.32. The van der Waals surface area contributed by atoms with E-state index in [1.165, 1.54) is 0 Å². The number of thioether (sulfide) groups is 1. The molecule has 0 aliphatic carbocycles. The Morgan fingerprint density at radius 3 is 2.09 bits per heavy atom. The molecule has 0 bridgehead atoms. The van der Waals surface area contributed by atoms with Crippen molar-refractivity contribution in [2.75, 3.05) is 7.05 Å². The van der Waals surface area contributed by atoms with Crippen LogP contribution >= 0.6 is 11.8 Å². The van der Waals surface area contributed by atoms with Crippen LogP contribution in [0.4, 0.5) is 0 Å². The first kappa shape index (κ1) is 21.9. The van der Waals surface area contributed by atoms with Gasteiger partial charge in [-0.25, -0.2) is 0 Å². The summed E-state index contributed by atoms with van der Waals surface area (Å²) in [4.78, 5) is 15.3. The van der Waals surface area contributed by atoms with Gasteiger partial charge in [-0.2, -0.15) is 0 Å². The van der Waals surface area contributed by atoms with Gasteiger partial charge in [-0.15, -0.1) is 10.2 Å². The smallest absolute Gasteiger partial charge is 0.254 e. The Morgan fingerprint density at radius 1 is 0.824 bits per heavy atom. The highest BCUT2D eigenvalue weighted by molar-refractivity contribution is 7.98. The molecule has 0 radical (unpaired) electrons. The first-order chi connectivity index (χ1) is 16.7. The standard InChI is InChI=1S/C28H24N4OS/c1-31(26(22-10-4-2-5-11-22)23-12-6-3-7-13-23)27(33)24-17-15-21(16-18-24)20-34-28-30-29-25-14-8-9-19-32(25)28/h2-19,26H,20H2,1H3. The molecular weight excluding hydrogens is 440 g/mol. The summed E-state index contributed by atoms with van der Waals surface area (Å²) in [5, 5.41) is 9.32. The number of hydrogen-bond acceptors (Lipinski definition) is 4. The zero-order chi connectivity index (χ0) is 23.3. The second-order valence-corrected chi connectivity index (χ2v) is 8.98. The maximum Gasteiger partial charge on any atom is 0.254 e. The fraction of sp³-hybridized carbons (Fsp3) is 0.107. The summed E-state index contributed by atoms with van der Waals surface area (Å²) < 4.78 is 1.98. The van der Waals surface area contributed by atoms with Crippen molar-refractivity contribution in [2.45, 2.75) is 17.0 Å². The molecule has 6 heteroatoms. The lowest BCUT2D eigenvalue weighted by atomic mass is 9.96. The summed E-state index contributed by atoms with van der Waals surface area (Å²) in [7, 11) is 1.87.